The van der Waals surface area contributed by atoms with Gasteiger partial charge >= 0.3 is 0 Å². The SMILES string of the molecule is CCCC(CN)C(=O)NC(C)CCc1ccco1. The number of nitrogens with one attached hydrogen (secondary N) is 1. The van der Waals surface area contributed by atoms with Crippen molar-refractivity contribution in [1.29, 1.82) is 0 Å². The number of furan rings is 1. The van der Waals surface area contributed by atoms with Gasteiger partial charge in [-0.25, -0.2) is 0 Å². The molecule has 0 radical (unpaired) electrons. The second-order valence-electron chi connectivity index (χ2n) is 4.75. The van der Waals surface area contributed by atoms with E-state index in [1.54, 1.807) is 6.26 Å². The smallest absolute Gasteiger partial charge is 0.224 e. The standard InChI is InChI=1S/C14H24N2O2/c1-3-5-12(10-15)14(17)16-11(2)7-8-13-6-4-9-18-13/h4,6,9,11-12H,3,5,7-8,10,15H2,1-2H3,(H,16,17). The molecule has 102 valence electrons. The fourth-order valence-electron chi connectivity index (χ4n) is 1.95. The zero-order chi connectivity index (χ0) is 13.4. The molecule has 0 saturated carbocycles. The van der Waals surface area contributed by atoms with Gasteiger partial charge in [0.1, 0.15) is 5.76 Å². The Morgan fingerprint density at radius 2 is 2.28 bits per heavy atom. The molecule has 0 aliphatic carbocycles. The molecule has 1 rings (SSSR count). The van der Waals surface area contributed by atoms with Gasteiger partial charge in [0.15, 0.2) is 0 Å². The van der Waals surface area contributed by atoms with Gasteiger partial charge in [-0.1, -0.05) is 13.3 Å². The van der Waals surface area contributed by atoms with Crippen molar-refractivity contribution in [2.24, 2.45) is 11.7 Å². The molecule has 18 heavy (non-hydrogen) atoms. The van der Waals surface area contributed by atoms with E-state index in [-0.39, 0.29) is 17.9 Å². The second-order valence-corrected chi connectivity index (χ2v) is 4.75. The van der Waals surface area contributed by atoms with E-state index in [2.05, 4.69) is 12.2 Å². The zero-order valence-electron chi connectivity index (χ0n) is 11.3. The Kier molecular flexibility index (Phi) is 6.50. The molecular weight excluding hydrogens is 228 g/mol. The minimum atomic E-state index is -0.0546. The van der Waals surface area contributed by atoms with E-state index in [4.69, 9.17) is 10.2 Å². The normalized spacial score (nSPS) is 14.2. The van der Waals surface area contributed by atoms with Crippen LogP contribution in [0.1, 0.15) is 38.9 Å². The van der Waals surface area contributed by atoms with Crippen LogP contribution in [0.5, 0.6) is 0 Å². The van der Waals surface area contributed by atoms with E-state index >= 15 is 0 Å². The Bertz CT molecular complexity index is 336. The lowest BCUT2D eigenvalue weighted by Crippen LogP contribution is -2.40. The molecule has 0 aromatic carbocycles. The first-order valence-electron chi connectivity index (χ1n) is 6.70. The molecule has 2 atom stereocenters. The summed E-state index contributed by atoms with van der Waals surface area (Å²) in [4.78, 5) is 11.9. The monoisotopic (exact) mass is 252 g/mol. The molecule has 1 aromatic heterocycles. The average molecular weight is 252 g/mol. The number of nitrogens with two attached hydrogens (primary N) is 1. The highest BCUT2D eigenvalue weighted by Gasteiger charge is 2.17. The predicted molar refractivity (Wildman–Crippen MR) is 72.1 cm³/mol. The van der Waals surface area contributed by atoms with Gasteiger partial charge in [-0.3, -0.25) is 4.79 Å². The Labute approximate surface area is 109 Å². The first kappa shape index (κ1) is 14.8. The maximum atomic E-state index is 11.9. The Hall–Kier alpha value is -1.29. The molecule has 0 spiro atoms. The summed E-state index contributed by atoms with van der Waals surface area (Å²) in [6, 6.07) is 3.98. The minimum Gasteiger partial charge on any atom is -0.469 e. The van der Waals surface area contributed by atoms with Gasteiger partial charge in [0.05, 0.1) is 12.2 Å². The summed E-state index contributed by atoms with van der Waals surface area (Å²) in [6.07, 6.45) is 5.23. The van der Waals surface area contributed by atoms with Crippen LogP contribution in [0.25, 0.3) is 0 Å². The maximum Gasteiger partial charge on any atom is 0.224 e. The van der Waals surface area contributed by atoms with Gasteiger partial charge in [-0.05, 0) is 31.9 Å². The molecule has 0 fully saturated rings. The average Bonchev–Trinajstić information content (AvgIpc) is 2.86. The zero-order valence-corrected chi connectivity index (χ0v) is 11.3. The van der Waals surface area contributed by atoms with Gasteiger partial charge in [0.2, 0.25) is 5.91 Å². The van der Waals surface area contributed by atoms with Crippen molar-refractivity contribution in [2.45, 2.75) is 45.6 Å². The summed E-state index contributed by atoms with van der Waals surface area (Å²) in [5.41, 5.74) is 5.61. The first-order valence-corrected chi connectivity index (χ1v) is 6.70. The lowest BCUT2D eigenvalue weighted by Gasteiger charge is -2.18. The lowest BCUT2D eigenvalue weighted by atomic mass is 10.0. The van der Waals surface area contributed by atoms with Gasteiger partial charge in [0, 0.05) is 19.0 Å². The van der Waals surface area contributed by atoms with Gasteiger partial charge in [0.25, 0.3) is 0 Å². The van der Waals surface area contributed by atoms with Crippen molar-refractivity contribution < 1.29 is 9.21 Å². The Balaban J connectivity index is 2.30. The predicted octanol–water partition coefficient (Wildman–Crippen LogP) is 2.09. The van der Waals surface area contributed by atoms with Crippen LogP contribution in [-0.2, 0) is 11.2 Å². The van der Waals surface area contributed by atoms with Crippen LogP contribution >= 0.6 is 0 Å². The quantitative estimate of drug-likeness (QED) is 0.744. The van der Waals surface area contributed by atoms with Crippen LogP contribution in [0.15, 0.2) is 22.8 Å². The number of carbonyl (C=O) groups excluding carboxylic acids is 1. The first-order chi connectivity index (χ1) is 8.67. The third kappa shape index (κ3) is 4.92. The van der Waals surface area contributed by atoms with Crippen molar-refractivity contribution in [3.63, 3.8) is 0 Å². The molecule has 1 heterocycles. The molecule has 2 unspecified atom stereocenters. The van der Waals surface area contributed by atoms with E-state index in [1.807, 2.05) is 19.1 Å². The highest BCUT2D eigenvalue weighted by molar-refractivity contribution is 5.79. The van der Waals surface area contributed by atoms with Crippen molar-refractivity contribution in [3.05, 3.63) is 24.2 Å². The number of rotatable bonds is 8. The number of aryl methyl sites for hydroxylation is 1. The van der Waals surface area contributed by atoms with Crippen LogP contribution in [0.4, 0.5) is 0 Å². The number of carbonyl (C=O) groups is 1. The fourth-order valence-corrected chi connectivity index (χ4v) is 1.95. The molecular formula is C14H24N2O2. The topological polar surface area (TPSA) is 68.3 Å². The summed E-state index contributed by atoms with van der Waals surface area (Å²) < 4.78 is 5.26. The van der Waals surface area contributed by atoms with Crippen molar-refractivity contribution in [3.8, 4) is 0 Å². The number of hydrogen-bond acceptors (Lipinski definition) is 3. The number of hydrogen-bond donors (Lipinski definition) is 2. The van der Waals surface area contributed by atoms with Crippen LogP contribution in [0, 0.1) is 5.92 Å². The lowest BCUT2D eigenvalue weighted by molar-refractivity contribution is -0.125. The van der Waals surface area contributed by atoms with E-state index in [0.717, 1.165) is 31.4 Å². The molecule has 1 aromatic rings. The maximum absolute atomic E-state index is 11.9. The molecule has 0 aliphatic heterocycles. The van der Waals surface area contributed by atoms with Crippen LogP contribution < -0.4 is 11.1 Å². The summed E-state index contributed by atoms with van der Waals surface area (Å²) in [7, 11) is 0. The van der Waals surface area contributed by atoms with Gasteiger partial charge in [-0.15, -0.1) is 0 Å². The Morgan fingerprint density at radius 3 is 2.83 bits per heavy atom. The fraction of sp³-hybridized carbons (Fsp3) is 0.643. The number of amides is 1. The molecule has 0 saturated heterocycles. The van der Waals surface area contributed by atoms with E-state index in [0.29, 0.717) is 6.54 Å². The van der Waals surface area contributed by atoms with Crippen LogP contribution in [-0.4, -0.2) is 18.5 Å². The molecule has 4 heteroatoms. The summed E-state index contributed by atoms with van der Waals surface area (Å²) in [6.45, 7) is 4.50. The van der Waals surface area contributed by atoms with Gasteiger partial charge in [-0.2, -0.15) is 0 Å². The second kappa shape index (κ2) is 7.93. The van der Waals surface area contributed by atoms with Crippen LogP contribution in [0.3, 0.4) is 0 Å². The van der Waals surface area contributed by atoms with Crippen molar-refractivity contribution in [1.82, 2.24) is 5.32 Å². The highest BCUT2D eigenvalue weighted by atomic mass is 16.3. The minimum absolute atomic E-state index is 0.0546. The summed E-state index contributed by atoms with van der Waals surface area (Å²) in [5.74, 6) is 0.979. The van der Waals surface area contributed by atoms with Gasteiger partial charge < -0.3 is 15.5 Å². The molecule has 4 nitrogen and oxygen atoms in total. The summed E-state index contributed by atoms with van der Waals surface area (Å²) in [5, 5.41) is 3.02. The van der Waals surface area contributed by atoms with Crippen molar-refractivity contribution >= 4 is 5.91 Å². The van der Waals surface area contributed by atoms with E-state index < -0.39 is 0 Å². The summed E-state index contributed by atoms with van der Waals surface area (Å²) >= 11 is 0. The Morgan fingerprint density at radius 1 is 1.50 bits per heavy atom. The third-order valence-corrected chi connectivity index (χ3v) is 3.08. The molecule has 3 N–H and O–H groups in total. The molecule has 0 bridgehead atoms. The van der Waals surface area contributed by atoms with E-state index in [9.17, 15) is 4.79 Å². The third-order valence-electron chi connectivity index (χ3n) is 3.08. The molecule has 0 aliphatic rings. The largest absolute Gasteiger partial charge is 0.469 e. The molecule has 1 amide bonds. The highest BCUT2D eigenvalue weighted by Crippen LogP contribution is 2.08. The van der Waals surface area contributed by atoms with E-state index in [1.165, 1.54) is 0 Å². The van der Waals surface area contributed by atoms with Crippen LogP contribution in [0.2, 0.25) is 0 Å². The van der Waals surface area contributed by atoms with Crippen molar-refractivity contribution in [2.75, 3.05) is 6.54 Å².